The highest BCUT2D eigenvalue weighted by Crippen LogP contribution is 2.98. The summed E-state index contributed by atoms with van der Waals surface area (Å²) in [6, 6.07) is 6.29. The van der Waals surface area contributed by atoms with Crippen LogP contribution in [0.1, 0.15) is 40.0 Å². The van der Waals surface area contributed by atoms with Gasteiger partial charge in [-0.15, -0.1) is 0 Å². The Balaban J connectivity index is 1.84. The minimum Gasteiger partial charge on any atom is -0.274 e. The zero-order chi connectivity index (χ0) is 17.4. The molecule has 0 bridgehead atoms. The molecule has 1 heterocycles. The van der Waals surface area contributed by atoms with Crippen molar-refractivity contribution in [3.63, 3.8) is 0 Å². The fourth-order valence-electron chi connectivity index (χ4n) is 2.22. The van der Waals surface area contributed by atoms with Gasteiger partial charge in [0.15, 0.2) is 0 Å². The van der Waals surface area contributed by atoms with Gasteiger partial charge >= 0.3 is 10.2 Å². The van der Waals surface area contributed by atoms with Gasteiger partial charge in [0, 0.05) is 6.54 Å². The van der Waals surface area contributed by atoms with E-state index in [-0.39, 0.29) is 25.8 Å². The normalized spacial score (nSPS) is 18.2. The molecule has 1 aromatic rings. The van der Waals surface area contributed by atoms with Crippen LogP contribution < -0.4 is 0 Å². The molecule has 0 aromatic heterocycles. The maximum absolute atomic E-state index is 12.0. The van der Waals surface area contributed by atoms with Crippen LogP contribution in [0.15, 0.2) is 35.7 Å². The van der Waals surface area contributed by atoms with Gasteiger partial charge in [0.05, 0.1) is 16.5 Å². The van der Waals surface area contributed by atoms with Crippen molar-refractivity contribution in [1.29, 1.82) is 0 Å². The van der Waals surface area contributed by atoms with Crippen molar-refractivity contribution in [3.8, 4) is 0 Å². The zero-order valence-electron chi connectivity index (χ0n) is 11.9. The number of carbonyl (C=O) groups is 2. The van der Waals surface area contributed by atoms with Gasteiger partial charge in [-0.25, -0.2) is 0 Å². The molecule has 23 heavy (non-hydrogen) atoms. The number of carbonyl (C=O) groups excluding carboxylic acids is 2. The van der Waals surface area contributed by atoms with Crippen molar-refractivity contribution in [3.05, 3.63) is 46.9 Å². The van der Waals surface area contributed by atoms with Crippen molar-refractivity contribution >= 4 is 22.0 Å². The quantitative estimate of drug-likeness (QED) is 0.396. The van der Waals surface area contributed by atoms with E-state index < -0.39 is 27.4 Å². The minimum atomic E-state index is -9.50. The van der Waals surface area contributed by atoms with Crippen LogP contribution in [0, 0.1) is 0 Å². The van der Waals surface area contributed by atoms with Crippen molar-refractivity contribution < 1.29 is 29.0 Å². The van der Waals surface area contributed by atoms with E-state index in [4.69, 9.17) is 0 Å². The molecule has 1 aromatic carbocycles. The number of halogens is 5. The number of rotatable bonds is 6. The predicted molar refractivity (Wildman–Crippen MR) is 77.9 cm³/mol. The van der Waals surface area contributed by atoms with E-state index in [0.717, 1.165) is 4.90 Å². The van der Waals surface area contributed by atoms with E-state index in [1.54, 1.807) is 12.1 Å². The first-order chi connectivity index (χ1) is 10.4. The standard InChI is InChI=1S/C14H14F5NO2S/c15-23(16,17,18,19)10-6-2-1-5-9-20-13(21)11-7-3-4-8-12(11)14(20)22/h3-4,6-8,10H,1-2,5,9H2/b10-6-. The largest absolute Gasteiger partial charge is 0.304 e. The summed E-state index contributed by atoms with van der Waals surface area (Å²) in [6.45, 7) is 0.0383. The van der Waals surface area contributed by atoms with E-state index >= 15 is 0 Å². The molecule has 0 atom stereocenters. The van der Waals surface area contributed by atoms with Crippen molar-refractivity contribution in [2.75, 3.05) is 6.54 Å². The lowest BCUT2D eigenvalue weighted by atomic mass is 10.1. The van der Waals surface area contributed by atoms with Crippen molar-refractivity contribution in [2.45, 2.75) is 19.3 Å². The molecular formula is C14H14F5NO2S. The second-order valence-corrected chi connectivity index (χ2v) is 7.53. The number of nitrogens with zero attached hydrogens (tertiary/aromatic N) is 1. The van der Waals surface area contributed by atoms with Crippen molar-refractivity contribution in [2.24, 2.45) is 0 Å². The third kappa shape index (κ3) is 4.78. The number of unbranched alkanes of at least 4 members (excludes halogenated alkanes) is 2. The molecule has 0 saturated carbocycles. The fourth-order valence-corrected chi connectivity index (χ4v) is 2.72. The molecule has 0 N–H and O–H groups in total. The fraction of sp³-hybridized carbons (Fsp3) is 0.286. The lowest BCUT2D eigenvalue weighted by Gasteiger charge is -2.36. The van der Waals surface area contributed by atoms with Gasteiger partial charge in [0.2, 0.25) is 0 Å². The Morgan fingerprint density at radius 2 is 1.43 bits per heavy atom. The summed E-state index contributed by atoms with van der Waals surface area (Å²) < 4.78 is 60.2. The average Bonchev–Trinajstić information content (AvgIpc) is 2.65. The number of imide groups is 1. The number of allylic oxidation sites excluding steroid dienone is 1. The van der Waals surface area contributed by atoms with Gasteiger partial charge in [0.25, 0.3) is 11.8 Å². The predicted octanol–water partition coefficient (Wildman–Crippen LogP) is 5.27. The van der Waals surface area contributed by atoms with Gasteiger partial charge in [-0.05, 0) is 31.4 Å². The van der Waals surface area contributed by atoms with Crippen molar-refractivity contribution in [1.82, 2.24) is 4.90 Å². The summed E-state index contributed by atoms with van der Waals surface area (Å²) in [5.41, 5.74) is 0.580. The molecule has 128 valence electrons. The summed E-state index contributed by atoms with van der Waals surface area (Å²) >= 11 is 0. The molecule has 0 unspecified atom stereocenters. The van der Waals surface area contributed by atoms with Gasteiger partial charge < -0.3 is 0 Å². The SMILES string of the molecule is O=C1c2ccccc2C(=O)N1CCCC/C=C\S(F)(F)(F)(F)F. The number of fused-ring (bicyclic) bond motifs is 1. The zero-order valence-corrected chi connectivity index (χ0v) is 12.7. The minimum absolute atomic E-state index is 0.0383. The molecule has 2 amide bonds. The van der Waals surface area contributed by atoms with Gasteiger partial charge in [-0.3, -0.25) is 14.5 Å². The molecule has 0 saturated heterocycles. The third-order valence-corrected chi connectivity index (χ3v) is 3.94. The summed E-state index contributed by atoms with van der Waals surface area (Å²) in [6.07, 6.45) is 0.548. The molecule has 9 heteroatoms. The van der Waals surface area contributed by atoms with Crippen LogP contribution in [0.25, 0.3) is 0 Å². The maximum Gasteiger partial charge on any atom is 0.304 e. The van der Waals surface area contributed by atoms with E-state index in [1.165, 1.54) is 12.1 Å². The Bertz CT molecular complexity index is 649. The number of benzene rings is 1. The van der Waals surface area contributed by atoms with Crippen LogP contribution in [0.2, 0.25) is 0 Å². The van der Waals surface area contributed by atoms with E-state index in [1.807, 2.05) is 0 Å². The monoisotopic (exact) mass is 355 g/mol. The third-order valence-electron chi connectivity index (χ3n) is 3.23. The number of hydrogen-bond acceptors (Lipinski definition) is 2. The van der Waals surface area contributed by atoms with Gasteiger partial charge in [0.1, 0.15) is 0 Å². The van der Waals surface area contributed by atoms with E-state index in [2.05, 4.69) is 0 Å². The van der Waals surface area contributed by atoms with Crippen LogP contribution >= 0.6 is 10.2 Å². The van der Waals surface area contributed by atoms with E-state index in [0.29, 0.717) is 17.2 Å². The summed E-state index contributed by atoms with van der Waals surface area (Å²) in [7, 11) is -9.50. The highest BCUT2D eigenvalue weighted by atomic mass is 32.5. The summed E-state index contributed by atoms with van der Waals surface area (Å²) in [5.74, 6) is -0.902. The first-order valence-electron chi connectivity index (χ1n) is 6.75. The van der Waals surface area contributed by atoms with Gasteiger partial charge in [-0.2, -0.15) is 0 Å². The smallest absolute Gasteiger partial charge is 0.274 e. The first-order valence-corrected chi connectivity index (χ1v) is 8.76. The van der Waals surface area contributed by atoms with Gasteiger partial charge in [-0.1, -0.05) is 37.6 Å². The lowest BCUT2D eigenvalue weighted by Crippen LogP contribution is -2.30. The highest BCUT2D eigenvalue weighted by molar-refractivity contribution is 8.48. The molecule has 0 aliphatic carbocycles. The van der Waals surface area contributed by atoms with Crippen LogP contribution in [0.3, 0.4) is 0 Å². The average molecular weight is 355 g/mol. The molecule has 3 nitrogen and oxygen atoms in total. The highest BCUT2D eigenvalue weighted by Gasteiger charge is 2.60. The molecule has 1 aliphatic heterocycles. The Hall–Kier alpha value is -1.90. The first kappa shape index (κ1) is 17.5. The molecular weight excluding hydrogens is 341 g/mol. The second-order valence-electron chi connectivity index (χ2n) is 5.20. The van der Waals surface area contributed by atoms with E-state index in [9.17, 15) is 29.0 Å². The molecule has 0 spiro atoms. The second kappa shape index (κ2) is 5.05. The topological polar surface area (TPSA) is 37.4 Å². The summed E-state index contributed by atoms with van der Waals surface area (Å²) in [5, 5.41) is -0.970. The van der Waals surface area contributed by atoms with Crippen LogP contribution in [-0.2, 0) is 0 Å². The molecule has 1 aliphatic rings. The van der Waals surface area contributed by atoms with Crippen LogP contribution in [0.4, 0.5) is 19.4 Å². The Labute approximate surface area is 129 Å². The maximum atomic E-state index is 12.0. The molecule has 0 radical (unpaired) electrons. The Morgan fingerprint density at radius 3 is 1.91 bits per heavy atom. The van der Waals surface area contributed by atoms with Crippen LogP contribution in [-0.4, -0.2) is 23.3 Å². The number of hydrogen-bond donors (Lipinski definition) is 0. The molecule has 0 fully saturated rings. The number of amides is 2. The lowest BCUT2D eigenvalue weighted by molar-refractivity contribution is 0.0652. The Morgan fingerprint density at radius 1 is 0.913 bits per heavy atom. The van der Waals surface area contributed by atoms with Crippen LogP contribution in [0.5, 0.6) is 0 Å². The summed E-state index contributed by atoms with van der Waals surface area (Å²) in [4.78, 5) is 25.0. The Kier molecular flexibility index (Phi) is 3.83. The molecule has 2 rings (SSSR count).